The molecule has 0 saturated heterocycles. The number of aromatic carboxylic acids is 1. The summed E-state index contributed by atoms with van der Waals surface area (Å²) >= 11 is 0. The highest BCUT2D eigenvalue weighted by Crippen LogP contribution is 2.32. The number of alkyl halides is 3. The summed E-state index contributed by atoms with van der Waals surface area (Å²) in [6.07, 6.45) is -2.11. The van der Waals surface area contributed by atoms with Crippen molar-refractivity contribution in [3.63, 3.8) is 0 Å². The minimum Gasteiger partial charge on any atom is -0.478 e. The number of aryl methyl sites for hydroxylation is 1. The van der Waals surface area contributed by atoms with Crippen molar-refractivity contribution in [1.82, 2.24) is 4.57 Å². The van der Waals surface area contributed by atoms with Gasteiger partial charge in [0.1, 0.15) is 5.82 Å². The maximum atomic E-state index is 13.3. The van der Waals surface area contributed by atoms with Crippen LogP contribution in [0, 0.1) is 0 Å². The molecule has 5 rings (SSSR count). The number of halogens is 3. The first-order chi connectivity index (χ1) is 21.0. The van der Waals surface area contributed by atoms with E-state index in [1.165, 1.54) is 17.0 Å². The Labute approximate surface area is 250 Å². The van der Waals surface area contributed by atoms with E-state index in [0.29, 0.717) is 29.0 Å². The number of carboxylic acids is 1. The number of carbonyl (C=O) groups excluding carboxylic acids is 2. The summed E-state index contributed by atoms with van der Waals surface area (Å²) in [6, 6.07) is 27.0. The summed E-state index contributed by atoms with van der Waals surface area (Å²) in [5.41, 5.74) is 3.68. The SMILES string of the molecule is Cn1cc(NC(=O)c2ccccc2-c2ccc(C(F)(F)F)cc2)cc1N(C=O)Cc1ccc(-c2ccc(C(=O)O)cc2)cc1. The van der Waals surface area contributed by atoms with Crippen molar-refractivity contribution in [2.24, 2.45) is 7.05 Å². The molecule has 10 heteroatoms. The van der Waals surface area contributed by atoms with E-state index in [9.17, 15) is 27.6 Å². The Kier molecular flexibility index (Phi) is 8.34. The number of anilines is 2. The molecule has 7 nitrogen and oxygen atoms in total. The third-order valence-electron chi connectivity index (χ3n) is 7.13. The van der Waals surface area contributed by atoms with Gasteiger partial charge in [-0.1, -0.05) is 66.7 Å². The maximum Gasteiger partial charge on any atom is 0.416 e. The fourth-order valence-electron chi connectivity index (χ4n) is 4.85. The zero-order chi connectivity index (χ0) is 31.4. The third-order valence-corrected chi connectivity index (χ3v) is 7.13. The largest absolute Gasteiger partial charge is 0.478 e. The zero-order valence-electron chi connectivity index (χ0n) is 23.4. The molecule has 2 N–H and O–H groups in total. The van der Waals surface area contributed by atoms with Crippen molar-refractivity contribution in [3.8, 4) is 22.3 Å². The van der Waals surface area contributed by atoms with Crippen LogP contribution in [0.2, 0.25) is 0 Å². The van der Waals surface area contributed by atoms with Gasteiger partial charge in [0.25, 0.3) is 5.91 Å². The summed E-state index contributed by atoms with van der Waals surface area (Å²) in [6.45, 7) is 0.254. The van der Waals surface area contributed by atoms with Crippen LogP contribution in [0.5, 0.6) is 0 Å². The van der Waals surface area contributed by atoms with E-state index in [2.05, 4.69) is 5.32 Å². The maximum absolute atomic E-state index is 13.3. The van der Waals surface area contributed by atoms with Gasteiger partial charge in [-0.2, -0.15) is 13.2 Å². The molecule has 0 bridgehead atoms. The van der Waals surface area contributed by atoms with E-state index in [0.717, 1.165) is 28.8 Å². The van der Waals surface area contributed by atoms with Gasteiger partial charge in [0.05, 0.1) is 23.4 Å². The highest BCUT2D eigenvalue weighted by atomic mass is 19.4. The molecule has 44 heavy (non-hydrogen) atoms. The number of aromatic nitrogens is 1. The molecule has 0 saturated carbocycles. The molecular weight excluding hydrogens is 571 g/mol. The van der Waals surface area contributed by atoms with Gasteiger partial charge in [0, 0.05) is 24.9 Å². The Balaban J connectivity index is 1.30. The van der Waals surface area contributed by atoms with Crippen LogP contribution in [0.1, 0.15) is 31.8 Å². The molecule has 0 fully saturated rings. The predicted molar refractivity (Wildman–Crippen MR) is 161 cm³/mol. The highest BCUT2D eigenvalue weighted by molar-refractivity contribution is 6.09. The van der Waals surface area contributed by atoms with Crippen molar-refractivity contribution >= 4 is 29.8 Å². The molecule has 2 amide bonds. The topological polar surface area (TPSA) is 91.6 Å². The molecule has 5 aromatic rings. The van der Waals surface area contributed by atoms with Crippen molar-refractivity contribution < 1.29 is 32.7 Å². The Morgan fingerprint density at radius 2 is 1.45 bits per heavy atom. The number of amides is 2. The van der Waals surface area contributed by atoms with E-state index in [1.807, 2.05) is 24.3 Å². The Morgan fingerprint density at radius 3 is 2.05 bits per heavy atom. The minimum absolute atomic E-state index is 0.202. The molecule has 0 aliphatic heterocycles. The number of rotatable bonds is 9. The number of nitrogens with zero attached hydrogens (tertiary/aromatic N) is 2. The van der Waals surface area contributed by atoms with Crippen LogP contribution < -0.4 is 10.2 Å². The summed E-state index contributed by atoms with van der Waals surface area (Å²) in [5.74, 6) is -0.922. The molecule has 0 spiro atoms. The van der Waals surface area contributed by atoms with Crippen LogP contribution >= 0.6 is 0 Å². The molecule has 0 unspecified atom stereocenters. The fourth-order valence-corrected chi connectivity index (χ4v) is 4.85. The van der Waals surface area contributed by atoms with E-state index in [1.54, 1.807) is 72.4 Å². The first kappa shape index (κ1) is 29.8. The molecule has 0 radical (unpaired) electrons. The minimum atomic E-state index is -4.46. The number of hydrogen-bond acceptors (Lipinski definition) is 3. The van der Waals surface area contributed by atoms with Crippen LogP contribution in [0.3, 0.4) is 0 Å². The van der Waals surface area contributed by atoms with Gasteiger partial charge in [-0.25, -0.2) is 4.79 Å². The van der Waals surface area contributed by atoms with Gasteiger partial charge >= 0.3 is 12.1 Å². The van der Waals surface area contributed by atoms with E-state index >= 15 is 0 Å². The lowest BCUT2D eigenvalue weighted by molar-refractivity contribution is -0.137. The molecule has 0 aliphatic carbocycles. The van der Waals surface area contributed by atoms with Crippen LogP contribution in [0.25, 0.3) is 22.3 Å². The summed E-state index contributed by atoms with van der Waals surface area (Å²) < 4.78 is 40.7. The first-order valence-electron chi connectivity index (χ1n) is 13.4. The van der Waals surface area contributed by atoms with Crippen LogP contribution in [-0.2, 0) is 24.6 Å². The van der Waals surface area contributed by atoms with Gasteiger partial charge < -0.3 is 15.0 Å². The van der Waals surface area contributed by atoms with Crippen molar-refractivity contribution in [2.75, 3.05) is 10.2 Å². The second-order valence-corrected chi connectivity index (χ2v) is 10.1. The number of benzene rings is 4. The lowest BCUT2D eigenvalue weighted by atomic mass is 9.98. The van der Waals surface area contributed by atoms with E-state index < -0.39 is 23.6 Å². The lowest BCUT2D eigenvalue weighted by Crippen LogP contribution is -2.22. The highest BCUT2D eigenvalue weighted by Gasteiger charge is 2.30. The van der Waals surface area contributed by atoms with Crippen LogP contribution in [-0.4, -0.2) is 28.0 Å². The second-order valence-electron chi connectivity index (χ2n) is 10.1. The summed E-state index contributed by atoms with van der Waals surface area (Å²) in [4.78, 5) is 37.9. The number of carbonyl (C=O) groups is 3. The standard InChI is InChI=1S/C34H26F3N3O4/c1-39-20-28(38-32(42)30-5-3-2-4-29(30)25-14-16-27(17-15-25)34(35,36)37)18-31(39)40(21-41)19-22-6-8-23(9-7-22)24-10-12-26(13-11-24)33(43)44/h2-18,20-21H,19H2,1H3,(H,38,42)(H,43,44). The zero-order valence-corrected chi connectivity index (χ0v) is 23.4. The first-order valence-corrected chi connectivity index (χ1v) is 13.4. The van der Waals surface area contributed by atoms with E-state index in [-0.39, 0.29) is 17.7 Å². The van der Waals surface area contributed by atoms with Crippen LogP contribution in [0.15, 0.2) is 109 Å². The van der Waals surface area contributed by atoms with Gasteiger partial charge in [-0.3, -0.25) is 14.5 Å². The average Bonchev–Trinajstić information content (AvgIpc) is 3.39. The van der Waals surface area contributed by atoms with Gasteiger partial charge in [0.2, 0.25) is 6.41 Å². The summed E-state index contributed by atoms with van der Waals surface area (Å²) in [7, 11) is 1.74. The van der Waals surface area contributed by atoms with Crippen molar-refractivity contribution in [3.05, 3.63) is 132 Å². The smallest absolute Gasteiger partial charge is 0.416 e. The van der Waals surface area contributed by atoms with Gasteiger partial charge in [-0.15, -0.1) is 0 Å². The predicted octanol–water partition coefficient (Wildman–Crippen LogP) is 7.49. The molecule has 1 aromatic heterocycles. The number of nitrogens with one attached hydrogen (secondary N) is 1. The molecule has 1 heterocycles. The molecule has 4 aromatic carbocycles. The number of hydrogen-bond donors (Lipinski definition) is 2. The van der Waals surface area contributed by atoms with Crippen molar-refractivity contribution in [1.29, 1.82) is 0 Å². The Hall–Kier alpha value is -5.64. The Bertz CT molecular complexity index is 1810. The number of carboxylic acid groups (broad SMARTS) is 1. The normalized spacial score (nSPS) is 11.2. The quantitative estimate of drug-likeness (QED) is 0.172. The summed E-state index contributed by atoms with van der Waals surface area (Å²) in [5, 5.41) is 11.9. The average molecular weight is 598 g/mol. The van der Waals surface area contributed by atoms with E-state index in [4.69, 9.17) is 5.11 Å². The Morgan fingerprint density at radius 1 is 0.864 bits per heavy atom. The van der Waals surface area contributed by atoms with Crippen molar-refractivity contribution in [2.45, 2.75) is 12.7 Å². The van der Waals surface area contributed by atoms with Gasteiger partial charge in [0.15, 0.2) is 0 Å². The molecular formula is C34H26F3N3O4. The molecule has 0 aliphatic rings. The van der Waals surface area contributed by atoms with Crippen LogP contribution in [0.4, 0.5) is 24.7 Å². The molecule has 222 valence electrons. The van der Waals surface area contributed by atoms with Gasteiger partial charge in [-0.05, 0) is 58.1 Å². The third kappa shape index (κ3) is 6.54. The molecule has 0 atom stereocenters. The fraction of sp³-hybridized carbons (Fsp3) is 0.0882. The lowest BCUT2D eigenvalue weighted by Gasteiger charge is -2.18. The second kappa shape index (κ2) is 12.3. The monoisotopic (exact) mass is 597 g/mol.